The van der Waals surface area contributed by atoms with Gasteiger partial charge in [-0.2, -0.15) is 0 Å². The molecule has 0 radical (unpaired) electrons. The Hall–Kier alpha value is -3.58. The third-order valence-corrected chi connectivity index (χ3v) is 5.08. The van der Waals surface area contributed by atoms with Gasteiger partial charge in [-0.15, -0.1) is 0 Å². The summed E-state index contributed by atoms with van der Waals surface area (Å²) in [5.41, 5.74) is 0.554. The van der Waals surface area contributed by atoms with Crippen molar-refractivity contribution in [3.63, 3.8) is 0 Å². The normalized spacial score (nSPS) is 16.3. The number of furan rings is 1. The third-order valence-electron chi connectivity index (χ3n) is 4.79. The topological polar surface area (TPSA) is 80.0 Å². The van der Waals surface area contributed by atoms with Crippen LogP contribution in [0.3, 0.4) is 0 Å². The summed E-state index contributed by atoms with van der Waals surface area (Å²) in [6.07, 6.45) is 1.32. The highest BCUT2D eigenvalue weighted by Gasteiger charge is 2.45. The number of halogens is 2. The molecule has 1 aliphatic heterocycles. The number of nitrogens with zero attached hydrogens (tertiary/aromatic N) is 1. The second-order valence-electron chi connectivity index (χ2n) is 6.52. The summed E-state index contributed by atoms with van der Waals surface area (Å²) in [5, 5.41) is 10.4. The second kappa shape index (κ2) is 7.68. The Morgan fingerprint density at radius 3 is 2.67 bits per heavy atom. The number of amides is 1. The minimum Gasteiger partial charge on any atom is -0.503 e. The van der Waals surface area contributed by atoms with E-state index in [0.717, 1.165) is 6.07 Å². The maximum absolute atomic E-state index is 13.7. The van der Waals surface area contributed by atoms with Gasteiger partial charge < -0.3 is 14.3 Å². The lowest BCUT2D eigenvalue weighted by Crippen LogP contribution is -2.31. The van der Waals surface area contributed by atoms with Gasteiger partial charge in [0.1, 0.15) is 11.6 Å². The van der Waals surface area contributed by atoms with Crippen molar-refractivity contribution < 1.29 is 28.2 Å². The zero-order chi connectivity index (χ0) is 21.4. The number of aliphatic hydroxyl groups excluding tert-OH is 1. The minimum absolute atomic E-state index is 0.0313. The predicted molar refractivity (Wildman–Crippen MR) is 107 cm³/mol. The summed E-state index contributed by atoms with van der Waals surface area (Å²) in [4.78, 5) is 27.3. The zero-order valence-corrected chi connectivity index (χ0v) is 16.4. The second-order valence-corrected chi connectivity index (χ2v) is 6.93. The lowest BCUT2D eigenvalue weighted by atomic mass is 9.94. The molecule has 6 nitrogen and oxygen atoms in total. The number of methoxy groups -OCH3 is 1. The van der Waals surface area contributed by atoms with Gasteiger partial charge in [-0.05, 0) is 48.0 Å². The number of benzene rings is 2. The average molecular weight is 428 g/mol. The van der Waals surface area contributed by atoms with Crippen molar-refractivity contribution in [2.45, 2.75) is 6.04 Å². The average Bonchev–Trinajstić information content (AvgIpc) is 3.37. The highest BCUT2D eigenvalue weighted by Crippen LogP contribution is 2.43. The standard InChI is InChI=1S/C22H15ClFNO5/c1-29-14-5-2-4-12(10-14)19-18(20(26)17-6-3-9-30-17)21(27)22(28)25(19)13-7-8-16(24)15(23)11-13/h2-11,19,27H,1H3. The van der Waals surface area contributed by atoms with Crippen LogP contribution in [-0.2, 0) is 4.79 Å². The highest BCUT2D eigenvalue weighted by atomic mass is 35.5. The van der Waals surface area contributed by atoms with E-state index in [-0.39, 0.29) is 22.0 Å². The molecule has 1 amide bonds. The Labute approximate surface area is 175 Å². The molecule has 2 aromatic carbocycles. The monoisotopic (exact) mass is 427 g/mol. The molecule has 1 aliphatic rings. The number of hydrogen-bond donors (Lipinski definition) is 1. The van der Waals surface area contributed by atoms with Crippen LogP contribution >= 0.6 is 11.6 Å². The number of aliphatic hydroxyl groups is 1. The van der Waals surface area contributed by atoms with E-state index >= 15 is 0 Å². The molecule has 2 heterocycles. The summed E-state index contributed by atoms with van der Waals surface area (Å²) in [7, 11) is 1.48. The van der Waals surface area contributed by atoms with Crippen LogP contribution in [0.5, 0.6) is 5.75 Å². The van der Waals surface area contributed by atoms with Crippen LogP contribution < -0.4 is 9.64 Å². The largest absolute Gasteiger partial charge is 0.503 e. The summed E-state index contributed by atoms with van der Waals surface area (Å²) >= 11 is 5.91. The molecule has 8 heteroatoms. The summed E-state index contributed by atoms with van der Waals surface area (Å²) in [6, 6.07) is 12.4. The molecule has 3 aromatic rings. The van der Waals surface area contributed by atoms with Crippen molar-refractivity contribution in [1.29, 1.82) is 0 Å². The fourth-order valence-corrected chi connectivity index (χ4v) is 3.58. The smallest absolute Gasteiger partial charge is 0.294 e. The van der Waals surface area contributed by atoms with Crippen LogP contribution in [0.4, 0.5) is 10.1 Å². The van der Waals surface area contributed by atoms with Crippen LogP contribution in [0.2, 0.25) is 5.02 Å². The summed E-state index contributed by atoms with van der Waals surface area (Å²) in [5.74, 6) is -2.38. The molecule has 152 valence electrons. The first kappa shape index (κ1) is 19.7. The first-order valence-electron chi connectivity index (χ1n) is 8.86. The Bertz CT molecular complexity index is 1170. The Kier molecular flexibility index (Phi) is 5.05. The number of anilines is 1. The van der Waals surface area contributed by atoms with Gasteiger partial charge in [0, 0.05) is 5.69 Å². The van der Waals surface area contributed by atoms with Crippen molar-refractivity contribution in [1.82, 2.24) is 0 Å². The molecule has 1 atom stereocenters. The zero-order valence-electron chi connectivity index (χ0n) is 15.6. The molecule has 0 spiro atoms. The van der Waals surface area contributed by atoms with Crippen molar-refractivity contribution in [3.8, 4) is 5.75 Å². The van der Waals surface area contributed by atoms with Gasteiger partial charge in [-0.25, -0.2) is 4.39 Å². The quantitative estimate of drug-likeness (QED) is 0.588. The van der Waals surface area contributed by atoms with Crippen LogP contribution in [-0.4, -0.2) is 23.9 Å². The van der Waals surface area contributed by atoms with Crippen LogP contribution in [0.1, 0.15) is 22.2 Å². The first-order valence-corrected chi connectivity index (χ1v) is 9.24. The number of carbonyl (C=O) groups is 2. The molecule has 30 heavy (non-hydrogen) atoms. The Balaban J connectivity index is 1.90. The van der Waals surface area contributed by atoms with Crippen molar-refractivity contribution in [2.75, 3.05) is 12.0 Å². The van der Waals surface area contributed by atoms with Gasteiger partial charge in [0.05, 0.1) is 30.0 Å². The molecular formula is C22H15ClFNO5. The van der Waals surface area contributed by atoms with Crippen LogP contribution in [0.15, 0.2) is 76.6 Å². The third kappa shape index (κ3) is 3.23. The molecule has 0 fully saturated rings. The van der Waals surface area contributed by atoms with Crippen LogP contribution in [0, 0.1) is 5.82 Å². The molecule has 1 N–H and O–H groups in total. The molecule has 0 bridgehead atoms. The predicted octanol–water partition coefficient (Wildman–Crippen LogP) is 4.86. The fraction of sp³-hybridized carbons (Fsp3) is 0.0909. The number of rotatable bonds is 5. The van der Waals surface area contributed by atoms with E-state index < -0.39 is 29.3 Å². The molecule has 4 rings (SSSR count). The van der Waals surface area contributed by atoms with Crippen molar-refractivity contribution in [2.24, 2.45) is 0 Å². The van der Waals surface area contributed by atoms with E-state index in [4.69, 9.17) is 20.8 Å². The lowest BCUT2D eigenvalue weighted by Gasteiger charge is -2.27. The van der Waals surface area contributed by atoms with Gasteiger partial charge >= 0.3 is 0 Å². The maximum atomic E-state index is 13.7. The minimum atomic E-state index is -1.01. The first-order chi connectivity index (χ1) is 14.4. The summed E-state index contributed by atoms with van der Waals surface area (Å²) in [6.45, 7) is 0. The summed E-state index contributed by atoms with van der Waals surface area (Å²) < 4.78 is 24.1. The SMILES string of the molecule is COc1cccc(C2C(C(=O)c3ccco3)=C(O)C(=O)N2c2ccc(F)c(Cl)c2)c1. The van der Waals surface area contributed by atoms with Crippen molar-refractivity contribution >= 4 is 29.0 Å². The van der Waals surface area contributed by atoms with E-state index in [0.29, 0.717) is 11.3 Å². The molecule has 1 aromatic heterocycles. The molecule has 0 aliphatic carbocycles. The molecular weight excluding hydrogens is 413 g/mol. The van der Waals surface area contributed by atoms with E-state index in [1.165, 1.54) is 42.5 Å². The van der Waals surface area contributed by atoms with Gasteiger partial charge in [0.2, 0.25) is 5.78 Å². The van der Waals surface area contributed by atoms with E-state index in [9.17, 15) is 19.1 Å². The van der Waals surface area contributed by atoms with Gasteiger partial charge in [-0.1, -0.05) is 23.7 Å². The molecule has 0 saturated heterocycles. The fourth-order valence-electron chi connectivity index (χ4n) is 3.41. The van der Waals surface area contributed by atoms with E-state index in [1.807, 2.05) is 0 Å². The lowest BCUT2D eigenvalue weighted by molar-refractivity contribution is -0.117. The van der Waals surface area contributed by atoms with Gasteiger partial charge in [-0.3, -0.25) is 14.5 Å². The molecule has 1 unspecified atom stereocenters. The molecule has 0 saturated carbocycles. The Morgan fingerprint density at radius 1 is 1.20 bits per heavy atom. The van der Waals surface area contributed by atoms with Gasteiger partial charge in [0.15, 0.2) is 11.5 Å². The number of ether oxygens (including phenoxy) is 1. The Morgan fingerprint density at radius 2 is 2.00 bits per heavy atom. The number of hydrogen-bond acceptors (Lipinski definition) is 5. The van der Waals surface area contributed by atoms with E-state index in [1.54, 1.807) is 24.3 Å². The number of carbonyl (C=O) groups excluding carboxylic acids is 2. The van der Waals surface area contributed by atoms with Crippen LogP contribution in [0.25, 0.3) is 0 Å². The van der Waals surface area contributed by atoms with E-state index in [2.05, 4.69) is 0 Å². The number of Topliss-reactive ketones (excluding diaryl/α,β-unsaturated/α-hetero) is 1. The maximum Gasteiger partial charge on any atom is 0.294 e. The van der Waals surface area contributed by atoms with Gasteiger partial charge in [0.25, 0.3) is 5.91 Å². The number of ketones is 1. The van der Waals surface area contributed by atoms with Crippen molar-refractivity contribution in [3.05, 3.63) is 94.4 Å². The highest BCUT2D eigenvalue weighted by molar-refractivity contribution is 6.31.